The minimum Gasteiger partial charge on any atom is -0.456 e. The van der Waals surface area contributed by atoms with Gasteiger partial charge in [-0.1, -0.05) is 32.5 Å². The largest absolute Gasteiger partial charge is 0.456 e. The Hall–Kier alpha value is -3.49. The van der Waals surface area contributed by atoms with Crippen LogP contribution in [0.2, 0.25) is 18.1 Å². The molecule has 2 aromatic rings. The van der Waals surface area contributed by atoms with Gasteiger partial charge < -0.3 is 18.5 Å². The number of hydrogen-bond acceptors (Lipinski definition) is 10. The Morgan fingerprint density at radius 2 is 1.80 bits per heavy atom. The Morgan fingerprint density at radius 3 is 2.35 bits per heavy atom. The van der Waals surface area contributed by atoms with Crippen LogP contribution >= 0.6 is 11.8 Å². The van der Waals surface area contributed by atoms with E-state index in [0.29, 0.717) is 16.9 Å². The summed E-state index contributed by atoms with van der Waals surface area (Å²) in [6, 6.07) is 6.52. The Balaban J connectivity index is 1.56. The summed E-state index contributed by atoms with van der Waals surface area (Å²) in [6.45, 7) is 12.3. The number of amides is 1. The lowest BCUT2D eigenvalue weighted by molar-refractivity contribution is -0.385. The zero-order chi connectivity index (χ0) is 29.6. The average molecular weight is 590 g/mol. The predicted octanol–water partition coefficient (Wildman–Crippen LogP) is 5.78. The second kappa shape index (κ2) is 10.8. The van der Waals surface area contributed by atoms with Crippen LogP contribution in [0.4, 0.5) is 11.4 Å². The van der Waals surface area contributed by atoms with Crippen LogP contribution in [0, 0.1) is 26.1 Å². The third kappa shape index (κ3) is 5.69. The molecule has 0 bridgehead atoms. The molecule has 0 saturated carbocycles. The number of nitro benzene ring substituents is 1. The van der Waals surface area contributed by atoms with Gasteiger partial charge in [-0.25, -0.2) is 4.79 Å². The molecule has 4 rings (SSSR count). The Bertz CT molecular complexity index is 1380. The van der Waals surface area contributed by atoms with Crippen LogP contribution in [-0.2, 0) is 25.4 Å². The van der Waals surface area contributed by atoms with Crippen LogP contribution < -0.4 is 0 Å². The molecule has 3 atom stereocenters. The van der Waals surface area contributed by atoms with E-state index in [0.717, 1.165) is 18.0 Å². The quantitative estimate of drug-likeness (QED) is 0.109. The highest BCUT2D eigenvalue weighted by atomic mass is 32.2. The number of nitro groups is 2. The van der Waals surface area contributed by atoms with Gasteiger partial charge in [-0.3, -0.25) is 25.0 Å². The van der Waals surface area contributed by atoms with Crippen LogP contribution in [0.25, 0.3) is 0 Å². The van der Waals surface area contributed by atoms with Gasteiger partial charge in [-0.15, -0.1) is 0 Å². The van der Waals surface area contributed by atoms with Crippen molar-refractivity contribution in [1.29, 1.82) is 0 Å². The van der Waals surface area contributed by atoms with Crippen LogP contribution in [-0.4, -0.2) is 47.1 Å². The molecular weight excluding hydrogens is 558 g/mol. The lowest BCUT2D eigenvalue weighted by atomic mass is 9.83. The first kappa shape index (κ1) is 29.5. The first-order valence-corrected chi connectivity index (χ1v) is 16.4. The van der Waals surface area contributed by atoms with Gasteiger partial charge in [0.2, 0.25) is 5.91 Å². The monoisotopic (exact) mass is 589 g/mol. The van der Waals surface area contributed by atoms with E-state index in [2.05, 4.69) is 33.9 Å². The molecular formula is C26H31N3O9SSi. The molecule has 0 aliphatic carbocycles. The van der Waals surface area contributed by atoms with Gasteiger partial charge in [-0.2, -0.15) is 0 Å². The number of esters is 1. The highest BCUT2D eigenvalue weighted by Crippen LogP contribution is 2.50. The second-order valence-corrected chi connectivity index (χ2v) is 17.2. The number of β-lactam (4-membered cyclic amide) rings is 1. The van der Waals surface area contributed by atoms with Gasteiger partial charge in [-0.05, 0) is 42.8 Å². The van der Waals surface area contributed by atoms with E-state index >= 15 is 0 Å². The molecule has 14 heteroatoms. The fourth-order valence-electron chi connectivity index (χ4n) is 4.52. The molecule has 214 valence electrons. The highest BCUT2D eigenvalue weighted by Gasteiger charge is 2.58. The van der Waals surface area contributed by atoms with E-state index in [9.17, 15) is 29.8 Å². The molecule has 1 fully saturated rings. The third-order valence-electron chi connectivity index (χ3n) is 7.67. The summed E-state index contributed by atoms with van der Waals surface area (Å²) in [5.74, 6) is -1.45. The molecule has 0 spiro atoms. The van der Waals surface area contributed by atoms with Crippen molar-refractivity contribution < 1.29 is 33.0 Å². The van der Waals surface area contributed by atoms with E-state index in [1.54, 1.807) is 0 Å². The van der Waals surface area contributed by atoms with Crippen LogP contribution in [0.3, 0.4) is 0 Å². The maximum Gasteiger partial charge on any atom is 0.356 e. The van der Waals surface area contributed by atoms with E-state index in [1.807, 2.05) is 6.92 Å². The summed E-state index contributed by atoms with van der Waals surface area (Å²) in [7, 11) is -2.18. The minimum atomic E-state index is -2.18. The number of benzene rings is 1. The molecule has 3 heterocycles. The normalized spacial score (nSPS) is 19.8. The number of furan rings is 1. The van der Waals surface area contributed by atoms with Gasteiger partial charge in [0, 0.05) is 23.5 Å². The minimum absolute atomic E-state index is 0.0521. The summed E-state index contributed by atoms with van der Waals surface area (Å²) in [5, 5.41) is 22.2. The van der Waals surface area contributed by atoms with Crippen molar-refractivity contribution >= 4 is 43.3 Å². The zero-order valence-electron chi connectivity index (χ0n) is 23.0. The number of non-ortho nitro benzene ring substituents is 1. The molecule has 1 aromatic carbocycles. The van der Waals surface area contributed by atoms with E-state index in [-0.39, 0.29) is 51.9 Å². The Kier molecular flexibility index (Phi) is 7.98. The van der Waals surface area contributed by atoms with E-state index in [1.165, 1.54) is 35.2 Å². The number of carbonyl (C=O) groups excluding carboxylic acids is 2. The first-order valence-electron chi connectivity index (χ1n) is 12.7. The lowest BCUT2D eigenvalue weighted by Crippen LogP contribution is -2.63. The van der Waals surface area contributed by atoms with Crippen molar-refractivity contribution in [1.82, 2.24) is 4.90 Å². The summed E-state index contributed by atoms with van der Waals surface area (Å²) < 4.78 is 17.3. The van der Waals surface area contributed by atoms with Gasteiger partial charge >= 0.3 is 11.7 Å². The number of fused-ring (bicyclic) bond motifs is 1. The van der Waals surface area contributed by atoms with E-state index in [4.69, 9.17) is 13.6 Å². The number of ether oxygens (including phenoxy) is 1. The number of carbonyl (C=O) groups is 2. The van der Waals surface area contributed by atoms with Crippen molar-refractivity contribution in [3.8, 4) is 0 Å². The highest BCUT2D eigenvalue weighted by molar-refractivity contribution is 8.03. The number of thioether (sulfide) groups is 1. The molecule has 1 saturated heterocycles. The van der Waals surface area contributed by atoms with Crippen LogP contribution in [0.15, 0.2) is 56.7 Å². The average Bonchev–Trinajstić information content (AvgIpc) is 3.45. The molecule has 12 nitrogen and oxygen atoms in total. The van der Waals surface area contributed by atoms with Gasteiger partial charge in [0.1, 0.15) is 12.3 Å². The van der Waals surface area contributed by atoms with E-state index < -0.39 is 30.1 Å². The molecule has 0 radical (unpaired) electrons. The molecule has 40 heavy (non-hydrogen) atoms. The topological polar surface area (TPSA) is 155 Å². The maximum atomic E-state index is 13.4. The maximum absolute atomic E-state index is 13.4. The molecule has 0 N–H and O–H groups in total. The number of hydrogen-bond donors (Lipinski definition) is 0. The second-order valence-electron chi connectivity index (χ2n) is 11.3. The number of nitrogens with zero attached hydrogens (tertiary/aromatic N) is 3. The third-order valence-corrected chi connectivity index (χ3v) is 13.3. The molecule has 2 unspecified atom stereocenters. The van der Waals surface area contributed by atoms with Crippen LogP contribution in [0.1, 0.15) is 39.7 Å². The van der Waals surface area contributed by atoms with Crippen molar-refractivity contribution in [2.75, 3.05) is 0 Å². The summed E-state index contributed by atoms with van der Waals surface area (Å²) in [4.78, 5) is 49.6. The fourth-order valence-corrected chi connectivity index (χ4v) is 7.00. The van der Waals surface area contributed by atoms with Crippen molar-refractivity contribution in [3.05, 3.63) is 73.0 Å². The Labute approximate surface area is 236 Å². The predicted molar refractivity (Wildman–Crippen MR) is 148 cm³/mol. The first-order chi connectivity index (χ1) is 18.6. The van der Waals surface area contributed by atoms with Crippen molar-refractivity contribution in [2.24, 2.45) is 5.92 Å². The SMILES string of the molecule is CC(O[Si](C)(C)C(C)(C)C)C1C(=O)N2C(C(=O)OCc3ccc([N+](=O)[O-])cc3)=C(Sc3cc([N+](=O)[O-])co3)C[C@H]12. The summed E-state index contributed by atoms with van der Waals surface area (Å²) in [6.07, 6.45) is 0.978. The zero-order valence-corrected chi connectivity index (χ0v) is 24.9. The molecule has 1 aromatic heterocycles. The van der Waals surface area contributed by atoms with Gasteiger partial charge in [0.05, 0.1) is 34.0 Å². The van der Waals surface area contributed by atoms with Gasteiger partial charge in [0.15, 0.2) is 19.7 Å². The van der Waals surface area contributed by atoms with Gasteiger partial charge in [0.25, 0.3) is 5.69 Å². The standard InChI is InChI=1S/C26H31N3O9SSi/c1-15(38-40(5,6)26(2,3)4)22-19-12-20(39-21-11-18(14-36-21)29(34)35)23(27(19)24(22)30)25(31)37-13-16-7-9-17(10-8-16)28(32)33/h7-11,14-15,19,22H,12-13H2,1-6H3/t15?,19-,22?/m1/s1. The smallest absolute Gasteiger partial charge is 0.356 e. The molecule has 2 aliphatic heterocycles. The number of rotatable bonds is 10. The lowest BCUT2D eigenvalue weighted by Gasteiger charge is -2.48. The molecule has 1 amide bonds. The van der Waals surface area contributed by atoms with Crippen molar-refractivity contribution in [3.63, 3.8) is 0 Å². The summed E-state index contributed by atoms with van der Waals surface area (Å²) in [5.41, 5.74) is 0.289. The Morgan fingerprint density at radius 1 is 1.18 bits per heavy atom. The van der Waals surface area contributed by atoms with Crippen LogP contribution in [0.5, 0.6) is 0 Å². The van der Waals surface area contributed by atoms with Crippen molar-refractivity contribution in [2.45, 2.75) is 76.1 Å². The summed E-state index contributed by atoms with van der Waals surface area (Å²) >= 11 is 1.04. The fraction of sp³-hybridized carbons (Fsp3) is 0.462. The molecule has 2 aliphatic rings.